The van der Waals surface area contributed by atoms with Crippen molar-refractivity contribution in [2.24, 2.45) is 0 Å². The van der Waals surface area contributed by atoms with Gasteiger partial charge in [0.15, 0.2) is 0 Å². The first-order chi connectivity index (χ1) is 11.7. The lowest BCUT2D eigenvalue weighted by atomic mass is 10.1. The maximum atomic E-state index is 13.1. The van der Waals surface area contributed by atoms with E-state index >= 15 is 0 Å². The van der Waals surface area contributed by atoms with Crippen LogP contribution >= 0.6 is 0 Å². The van der Waals surface area contributed by atoms with Crippen LogP contribution in [0.2, 0.25) is 0 Å². The third-order valence-electron chi connectivity index (χ3n) is 3.67. The number of hydrogen-bond acceptors (Lipinski definition) is 2. The molecule has 1 N–H and O–H groups in total. The third-order valence-corrected chi connectivity index (χ3v) is 3.67. The van der Waals surface area contributed by atoms with Crippen molar-refractivity contribution in [3.63, 3.8) is 0 Å². The highest BCUT2D eigenvalue weighted by Gasteiger charge is 2.08. The van der Waals surface area contributed by atoms with E-state index in [2.05, 4.69) is 10.4 Å². The van der Waals surface area contributed by atoms with E-state index in [1.165, 1.54) is 12.1 Å². The normalized spacial score (nSPS) is 10.5. The van der Waals surface area contributed by atoms with Gasteiger partial charge in [-0.1, -0.05) is 42.5 Å². The maximum Gasteiger partial charge on any atom is 0.254 e. The van der Waals surface area contributed by atoms with Gasteiger partial charge in [0.1, 0.15) is 5.82 Å². The highest BCUT2D eigenvalue weighted by Crippen LogP contribution is 2.05. The van der Waals surface area contributed by atoms with Crippen molar-refractivity contribution in [3.05, 3.63) is 89.5 Å². The second-order valence-electron chi connectivity index (χ2n) is 5.55. The van der Waals surface area contributed by atoms with Gasteiger partial charge in [0, 0.05) is 12.7 Å². The Morgan fingerprint density at radius 3 is 2.67 bits per heavy atom. The van der Waals surface area contributed by atoms with Crippen molar-refractivity contribution < 1.29 is 9.18 Å². The van der Waals surface area contributed by atoms with E-state index in [0.717, 1.165) is 11.1 Å². The van der Waals surface area contributed by atoms with Crippen LogP contribution in [-0.2, 0) is 13.0 Å². The predicted octanol–water partition coefficient (Wildman–Crippen LogP) is 3.04. The molecule has 0 fully saturated rings. The van der Waals surface area contributed by atoms with Crippen molar-refractivity contribution in [2.75, 3.05) is 6.54 Å². The average molecular weight is 323 g/mol. The zero-order valence-corrected chi connectivity index (χ0v) is 13.2. The summed E-state index contributed by atoms with van der Waals surface area (Å²) in [6.07, 6.45) is 3.87. The molecule has 0 atom stereocenters. The quantitative estimate of drug-likeness (QED) is 0.758. The van der Waals surface area contributed by atoms with Gasteiger partial charge in [-0.15, -0.1) is 0 Å². The molecule has 0 spiro atoms. The molecule has 1 amide bonds. The summed E-state index contributed by atoms with van der Waals surface area (Å²) in [5, 5.41) is 7.05. The lowest BCUT2D eigenvalue weighted by Crippen LogP contribution is -2.25. The minimum absolute atomic E-state index is 0.175. The lowest BCUT2D eigenvalue weighted by molar-refractivity contribution is 0.0954. The lowest BCUT2D eigenvalue weighted by Gasteiger charge is -2.04. The van der Waals surface area contributed by atoms with E-state index < -0.39 is 0 Å². The second kappa shape index (κ2) is 7.55. The van der Waals surface area contributed by atoms with E-state index in [1.54, 1.807) is 23.1 Å². The summed E-state index contributed by atoms with van der Waals surface area (Å²) in [5.74, 6) is -0.438. The van der Waals surface area contributed by atoms with E-state index in [1.807, 2.05) is 36.4 Å². The number of carbonyl (C=O) groups is 1. The third kappa shape index (κ3) is 4.29. The zero-order valence-electron chi connectivity index (χ0n) is 13.2. The Labute approximate surface area is 139 Å². The van der Waals surface area contributed by atoms with Gasteiger partial charge in [0.05, 0.1) is 18.3 Å². The van der Waals surface area contributed by atoms with Gasteiger partial charge in [0.25, 0.3) is 5.91 Å². The summed E-state index contributed by atoms with van der Waals surface area (Å²) in [6.45, 7) is 1.07. The molecule has 3 aromatic rings. The first-order valence-corrected chi connectivity index (χ1v) is 7.80. The van der Waals surface area contributed by atoms with E-state index in [9.17, 15) is 9.18 Å². The van der Waals surface area contributed by atoms with E-state index in [0.29, 0.717) is 25.1 Å². The molecule has 0 aliphatic carbocycles. The van der Waals surface area contributed by atoms with Crippen LogP contribution in [-0.4, -0.2) is 22.2 Å². The fraction of sp³-hybridized carbons (Fsp3) is 0.158. The molecule has 0 radical (unpaired) electrons. The molecule has 2 aromatic carbocycles. The minimum atomic E-state index is -0.263. The Morgan fingerprint density at radius 2 is 1.88 bits per heavy atom. The van der Waals surface area contributed by atoms with Crippen LogP contribution < -0.4 is 5.32 Å². The highest BCUT2D eigenvalue weighted by atomic mass is 19.1. The molecular formula is C19H18FN3O. The van der Waals surface area contributed by atoms with Gasteiger partial charge >= 0.3 is 0 Å². The fourth-order valence-corrected chi connectivity index (χ4v) is 2.45. The maximum absolute atomic E-state index is 13.1. The average Bonchev–Trinajstić information content (AvgIpc) is 3.04. The van der Waals surface area contributed by atoms with E-state index in [-0.39, 0.29) is 11.7 Å². The number of rotatable bonds is 6. The van der Waals surface area contributed by atoms with E-state index in [4.69, 9.17) is 0 Å². The van der Waals surface area contributed by atoms with Gasteiger partial charge in [-0.3, -0.25) is 9.48 Å². The molecule has 0 unspecified atom stereocenters. The molecule has 5 heteroatoms. The second-order valence-corrected chi connectivity index (χ2v) is 5.55. The topological polar surface area (TPSA) is 46.9 Å². The highest BCUT2D eigenvalue weighted by molar-refractivity contribution is 5.93. The number of halogens is 1. The SMILES string of the molecule is O=C(NCCc1cccc(F)c1)c1cnn(Cc2ccccc2)c1. The smallest absolute Gasteiger partial charge is 0.254 e. The number of nitrogens with zero attached hydrogens (tertiary/aromatic N) is 2. The van der Waals surface area contributed by atoms with Crippen LogP contribution in [0.15, 0.2) is 67.0 Å². The van der Waals surface area contributed by atoms with Crippen LogP contribution in [0.25, 0.3) is 0 Å². The molecule has 122 valence electrons. The van der Waals surface area contributed by atoms with Crippen LogP contribution in [0.4, 0.5) is 4.39 Å². The summed E-state index contributed by atoms with van der Waals surface area (Å²) in [4.78, 5) is 12.1. The Balaban J connectivity index is 1.52. The summed E-state index contributed by atoms with van der Waals surface area (Å²) in [7, 11) is 0. The molecule has 0 aliphatic heterocycles. The summed E-state index contributed by atoms with van der Waals surface area (Å²) in [5.41, 5.74) is 2.50. The van der Waals surface area contributed by atoms with Crippen molar-refractivity contribution in [2.45, 2.75) is 13.0 Å². The van der Waals surface area contributed by atoms with Crippen molar-refractivity contribution in [1.29, 1.82) is 0 Å². The minimum Gasteiger partial charge on any atom is -0.352 e. The molecule has 0 bridgehead atoms. The Bertz CT molecular complexity index is 814. The number of carbonyl (C=O) groups excluding carboxylic acids is 1. The molecule has 0 aliphatic rings. The first-order valence-electron chi connectivity index (χ1n) is 7.80. The number of nitrogens with one attached hydrogen (secondary N) is 1. The van der Waals surface area contributed by atoms with Gasteiger partial charge in [-0.05, 0) is 29.7 Å². The van der Waals surface area contributed by atoms with Crippen LogP contribution in [0.1, 0.15) is 21.5 Å². The van der Waals surface area contributed by atoms with Gasteiger partial charge in [0.2, 0.25) is 0 Å². The summed E-state index contributed by atoms with van der Waals surface area (Å²) < 4.78 is 14.8. The summed E-state index contributed by atoms with van der Waals surface area (Å²) >= 11 is 0. The zero-order chi connectivity index (χ0) is 16.8. The predicted molar refractivity (Wildman–Crippen MR) is 90.2 cm³/mol. The number of hydrogen-bond donors (Lipinski definition) is 1. The van der Waals surface area contributed by atoms with Gasteiger partial charge in [-0.2, -0.15) is 5.10 Å². The van der Waals surface area contributed by atoms with Crippen molar-refractivity contribution >= 4 is 5.91 Å². The Kier molecular flexibility index (Phi) is 5.01. The molecule has 0 saturated heterocycles. The Morgan fingerprint density at radius 1 is 1.08 bits per heavy atom. The molecule has 0 saturated carbocycles. The van der Waals surface area contributed by atoms with Crippen LogP contribution in [0.3, 0.4) is 0 Å². The molecule has 3 rings (SSSR count). The fourth-order valence-electron chi connectivity index (χ4n) is 2.45. The van der Waals surface area contributed by atoms with Crippen LogP contribution in [0.5, 0.6) is 0 Å². The number of benzene rings is 2. The summed E-state index contributed by atoms with van der Waals surface area (Å²) in [6, 6.07) is 16.3. The van der Waals surface area contributed by atoms with Gasteiger partial charge in [-0.25, -0.2) is 4.39 Å². The molecule has 24 heavy (non-hydrogen) atoms. The van der Waals surface area contributed by atoms with Gasteiger partial charge < -0.3 is 5.32 Å². The van der Waals surface area contributed by atoms with Crippen molar-refractivity contribution in [1.82, 2.24) is 15.1 Å². The standard InChI is InChI=1S/C19H18FN3O/c20-18-8-4-7-15(11-18)9-10-21-19(24)17-12-22-23(14-17)13-16-5-2-1-3-6-16/h1-8,11-12,14H,9-10,13H2,(H,21,24). The molecule has 4 nitrogen and oxygen atoms in total. The number of amides is 1. The monoisotopic (exact) mass is 323 g/mol. The van der Waals surface area contributed by atoms with Crippen molar-refractivity contribution in [3.8, 4) is 0 Å². The molecular weight excluding hydrogens is 305 g/mol. The first kappa shape index (κ1) is 15.9. The largest absolute Gasteiger partial charge is 0.352 e. The van der Waals surface area contributed by atoms with Crippen LogP contribution in [0, 0.1) is 5.82 Å². The molecule has 1 aromatic heterocycles. The molecule has 1 heterocycles. The number of aromatic nitrogens is 2. The Hall–Kier alpha value is -2.95.